The summed E-state index contributed by atoms with van der Waals surface area (Å²) in [6.07, 6.45) is 2.96. The summed E-state index contributed by atoms with van der Waals surface area (Å²) in [5, 5.41) is 0. The number of ether oxygens (including phenoxy) is 1. The first-order chi connectivity index (χ1) is 9.47. The Balaban J connectivity index is 2.17. The Morgan fingerprint density at radius 3 is 2.25 bits per heavy atom. The largest absolute Gasteiger partial charge is 0.491 e. The zero-order valence-electron chi connectivity index (χ0n) is 11.1. The van der Waals surface area contributed by atoms with Crippen LogP contribution in [0.5, 0.6) is 5.75 Å². The average molecular weight is 293 g/mol. The van der Waals surface area contributed by atoms with Gasteiger partial charge in [-0.05, 0) is 44.2 Å². The highest BCUT2D eigenvalue weighted by Gasteiger charge is 2.15. The lowest BCUT2D eigenvalue weighted by Gasteiger charge is -2.10. The molecule has 106 valence electrons. The molecule has 2 aromatic rings. The van der Waals surface area contributed by atoms with E-state index in [2.05, 4.69) is 14.7 Å². The fourth-order valence-corrected chi connectivity index (χ4v) is 2.46. The number of sulfonamides is 1. The third-order valence-electron chi connectivity index (χ3n) is 2.30. The zero-order chi connectivity index (χ0) is 14.6. The summed E-state index contributed by atoms with van der Waals surface area (Å²) in [6.45, 7) is 3.80. The minimum Gasteiger partial charge on any atom is -0.491 e. The topological polar surface area (TPSA) is 81.2 Å². The predicted molar refractivity (Wildman–Crippen MR) is 75.0 cm³/mol. The van der Waals surface area contributed by atoms with Crippen LogP contribution in [0.1, 0.15) is 13.8 Å². The lowest BCUT2D eigenvalue weighted by molar-refractivity contribution is 0.242. The molecule has 1 aromatic heterocycles. The van der Waals surface area contributed by atoms with Crippen molar-refractivity contribution < 1.29 is 13.2 Å². The van der Waals surface area contributed by atoms with E-state index in [1.54, 1.807) is 18.2 Å². The normalized spacial score (nSPS) is 11.3. The fraction of sp³-hybridized carbons (Fsp3) is 0.231. The van der Waals surface area contributed by atoms with Gasteiger partial charge in [0.05, 0.1) is 11.0 Å². The van der Waals surface area contributed by atoms with E-state index >= 15 is 0 Å². The highest BCUT2D eigenvalue weighted by molar-refractivity contribution is 7.92. The Bertz CT molecular complexity index is 655. The molecule has 20 heavy (non-hydrogen) atoms. The molecule has 0 saturated heterocycles. The van der Waals surface area contributed by atoms with Crippen molar-refractivity contribution in [1.82, 2.24) is 9.97 Å². The minimum atomic E-state index is -3.69. The third kappa shape index (κ3) is 3.67. The molecule has 0 saturated carbocycles. The van der Waals surface area contributed by atoms with Crippen molar-refractivity contribution >= 4 is 16.0 Å². The number of anilines is 1. The zero-order valence-corrected chi connectivity index (χ0v) is 12.0. The number of nitrogens with zero attached hydrogens (tertiary/aromatic N) is 2. The van der Waals surface area contributed by atoms with Gasteiger partial charge in [-0.2, -0.15) is 0 Å². The maximum atomic E-state index is 12.1. The number of rotatable bonds is 5. The molecule has 6 nitrogen and oxygen atoms in total. The van der Waals surface area contributed by atoms with Gasteiger partial charge in [0.2, 0.25) is 5.95 Å². The Morgan fingerprint density at radius 1 is 1.10 bits per heavy atom. The van der Waals surface area contributed by atoms with E-state index in [1.165, 1.54) is 24.5 Å². The standard InChI is InChI=1S/C13H15N3O3S/c1-10(2)19-11-4-6-12(7-5-11)20(17,18)16-13-14-8-3-9-15-13/h3-10H,1-2H3,(H,14,15,16). The van der Waals surface area contributed by atoms with Crippen LogP contribution < -0.4 is 9.46 Å². The van der Waals surface area contributed by atoms with Gasteiger partial charge in [0.25, 0.3) is 10.0 Å². The average Bonchev–Trinajstić information content (AvgIpc) is 2.39. The number of hydrogen-bond acceptors (Lipinski definition) is 5. The molecule has 0 unspecified atom stereocenters. The summed E-state index contributed by atoms with van der Waals surface area (Å²) in [5.41, 5.74) is 0. The quantitative estimate of drug-likeness (QED) is 0.912. The summed E-state index contributed by atoms with van der Waals surface area (Å²) in [6, 6.07) is 7.78. The van der Waals surface area contributed by atoms with E-state index in [0.717, 1.165) is 0 Å². The molecule has 0 aliphatic carbocycles. The molecule has 0 radical (unpaired) electrons. The molecule has 0 aliphatic heterocycles. The van der Waals surface area contributed by atoms with Crippen LogP contribution in [-0.4, -0.2) is 24.5 Å². The molecule has 7 heteroatoms. The molecule has 0 bridgehead atoms. The van der Waals surface area contributed by atoms with Gasteiger partial charge < -0.3 is 4.74 Å². The van der Waals surface area contributed by atoms with Gasteiger partial charge in [-0.1, -0.05) is 0 Å². The molecule has 0 amide bonds. The summed E-state index contributed by atoms with van der Waals surface area (Å²) in [5.74, 6) is 0.657. The first-order valence-electron chi connectivity index (χ1n) is 6.04. The molecule has 2 rings (SSSR count). The maximum absolute atomic E-state index is 12.1. The van der Waals surface area contributed by atoms with Crippen LogP contribution in [0.15, 0.2) is 47.6 Å². The second-order valence-corrected chi connectivity index (χ2v) is 6.00. The molecule has 0 aliphatic rings. The Labute approximate surface area is 117 Å². The van der Waals surface area contributed by atoms with Gasteiger partial charge in [0.15, 0.2) is 0 Å². The first-order valence-corrected chi connectivity index (χ1v) is 7.52. The van der Waals surface area contributed by atoms with Crippen LogP contribution in [0.4, 0.5) is 5.95 Å². The molecule has 1 aromatic carbocycles. The molecular formula is C13H15N3O3S. The van der Waals surface area contributed by atoms with Crippen LogP contribution in [-0.2, 0) is 10.0 Å². The monoisotopic (exact) mass is 293 g/mol. The Kier molecular flexibility index (Phi) is 4.19. The Hall–Kier alpha value is -2.15. The van der Waals surface area contributed by atoms with Crippen molar-refractivity contribution in [3.05, 3.63) is 42.7 Å². The lowest BCUT2D eigenvalue weighted by atomic mass is 10.3. The number of benzene rings is 1. The van der Waals surface area contributed by atoms with Crippen molar-refractivity contribution in [2.45, 2.75) is 24.8 Å². The van der Waals surface area contributed by atoms with E-state index in [-0.39, 0.29) is 16.9 Å². The molecule has 1 heterocycles. The SMILES string of the molecule is CC(C)Oc1ccc(S(=O)(=O)Nc2ncccn2)cc1. The van der Waals surface area contributed by atoms with Crippen LogP contribution in [0.25, 0.3) is 0 Å². The summed E-state index contributed by atoms with van der Waals surface area (Å²) in [7, 11) is -3.69. The van der Waals surface area contributed by atoms with E-state index in [0.29, 0.717) is 5.75 Å². The highest BCUT2D eigenvalue weighted by Crippen LogP contribution is 2.18. The van der Waals surface area contributed by atoms with E-state index in [1.807, 2.05) is 13.8 Å². The minimum absolute atomic E-state index is 0.0355. The van der Waals surface area contributed by atoms with Crippen LogP contribution >= 0.6 is 0 Å². The van der Waals surface area contributed by atoms with Gasteiger partial charge in [0, 0.05) is 12.4 Å². The molecule has 1 N–H and O–H groups in total. The number of nitrogens with one attached hydrogen (secondary N) is 1. The van der Waals surface area contributed by atoms with Crippen LogP contribution in [0.3, 0.4) is 0 Å². The molecular weight excluding hydrogens is 278 g/mol. The van der Waals surface area contributed by atoms with Gasteiger partial charge in [0.1, 0.15) is 5.75 Å². The second kappa shape index (κ2) is 5.87. The van der Waals surface area contributed by atoms with Crippen molar-refractivity contribution in [1.29, 1.82) is 0 Å². The predicted octanol–water partition coefficient (Wildman–Crippen LogP) is 2.06. The van der Waals surface area contributed by atoms with Crippen LogP contribution in [0, 0.1) is 0 Å². The van der Waals surface area contributed by atoms with E-state index in [4.69, 9.17) is 4.74 Å². The first kappa shape index (κ1) is 14.3. The number of aromatic nitrogens is 2. The lowest BCUT2D eigenvalue weighted by Crippen LogP contribution is -2.14. The maximum Gasteiger partial charge on any atom is 0.264 e. The molecule has 0 spiro atoms. The van der Waals surface area contributed by atoms with Gasteiger partial charge in [-0.3, -0.25) is 0 Å². The Morgan fingerprint density at radius 2 is 1.70 bits per heavy atom. The van der Waals surface area contributed by atoms with Gasteiger partial charge in [-0.25, -0.2) is 23.1 Å². The second-order valence-electron chi connectivity index (χ2n) is 4.32. The van der Waals surface area contributed by atoms with Crippen molar-refractivity contribution in [2.75, 3.05) is 4.72 Å². The summed E-state index contributed by atoms with van der Waals surface area (Å²) < 4.78 is 32.0. The smallest absolute Gasteiger partial charge is 0.264 e. The van der Waals surface area contributed by atoms with Gasteiger partial charge in [-0.15, -0.1) is 0 Å². The van der Waals surface area contributed by atoms with Crippen LogP contribution in [0.2, 0.25) is 0 Å². The van der Waals surface area contributed by atoms with Crippen molar-refractivity contribution in [3.63, 3.8) is 0 Å². The van der Waals surface area contributed by atoms with Crippen molar-refractivity contribution in [2.24, 2.45) is 0 Å². The van der Waals surface area contributed by atoms with E-state index < -0.39 is 10.0 Å². The summed E-state index contributed by atoms with van der Waals surface area (Å²) >= 11 is 0. The third-order valence-corrected chi connectivity index (χ3v) is 3.64. The van der Waals surface area contributed by atoms with Crippen molar-refractivity contribution in [3.8, 4) is 5.75 Å². The molecule has 0 fully saturated rings. The highest BCUT2D eigenvalue weighted by atomic mass is 32.2. The number of hydrogen-bond donors (Lipinski definition) is 1. The van der Waals surface area contributed by atoms with Gasteiger partial charge >= 0.3 is 0 Å². The van der Waals surface area contributed by atoms with E-state index in [9.17, 15) is 8.42 Å². The fourth-order valence-electron chi connectivity index (χ4n) is 1.50. The molecule has 0 atom stereocenters. The summed E-state index contributed by atoms with van der Waals surface area (Å²) in [4.78, 5) is 7.77.